The Morgan fingerprint density at radius 3 is 2.53 bits per heavy atom. The van der Waals surface area contributed by atoms with Gasteiger partial charge in [-0.15, -0.1) is 0 Å². The SMILES string of the molecule is Cc1ccc(N(C)Cc2ccccc2C)c(C#N)c1. The first-order chi connectivity index (χ1) is 9.11. The van der Waals surface area contributed by atoms with Gasteiger partial charge < -0.3 is 4.90 Å². The minimum Gasteiger partial charge on any atom is -0.369 e. The van der Waals surface area contributed by atoms with Crippen molar-refractivity contribution in [3.63, 3.8) is 0 Å². The number of nitriles is 1. The first kappa shape index (κ1) is 13.2. The highest BCUT2D eigenvalue weighted by molar-refractivity contribution is 5.60. The van der Waals surface area contributed by atoms with E-state index in [1.807, 2.05) is 38.2 Å². The molecule has 0 heterocycles. The van der Waals surface area contributed by atoms with E-state index in [0.717, 1.165) is 23.4 Å². The third kappa shape index (κ3) is 2.95. The molecule has 0 bridgehead atoms. The third-order valence-electron chi connectivity index (χ3n) is 3.35. The summed E-state index contributed by atoms with van der Waals surface area (Å²) in [4.78, 5) is 2.13. The predicted octanol–water partition coefficient (Wildman–Crippen LogP) is 3.81. The van der Waals surface area contributed by atoms with Gasteiger partial charge in [-0.1, -0.05) is 30.3 Å². The van der Waals surface area contributed by atoms with Crippen LogP contribution < -0.4 is 4.90 Å². The van der Waals surface area contributed by atoms with E-state index in [9.17, 15) is 5.26 Å². The first-order valence-corrected chi connectivity index (χ1v) is 6.38. The largest absolute Gasteiger partial charge is 0.369 e. The first-order valence-electron chi connectivity index (χ1n) is 6.38. The summed E-state index contributed by atoms with van der Waals surface area (Å²) in [6.45, 7) is 4.93. The highest BCUT2D eigenvalue weighted by Crippen LogP contribution is 2.22. The van der Waals surface area contributed by atoms with Gasteiger partial charge in [0.1, 0.15) is 6.07 Å². The number of rotatable bonds is 3. The molecule has 2 aromatic carbocycles. The molecule has 0 aliphatic rings. The normalized spacial score (nSPS) is 10.0. The topological polar surface area (TPSA) is 27.0 Å². The zero-order valence-electron chi connectivity index (χ0n) is 11.6. The number of aryl methyl sites for hydroxylation is 2. The fraction of sp³-hybridized carbons (Fsp3) is 0.235. The average Bonchev–Trinajstić information content (AvgIpc) is 2.41. The van der Waals surface area contributed by atoms with E-state index in [-0.39, 0.29) is 0 Å². The van der Waals surface area contributed by atoms with Gasteiger partial charge in [-0.25, -0.2) is 0 Å². The summed E-state index contributed by atoms with van der Waals surface area (Å²) < 4.78 is 0. The van der Waals surface area contributed by atoms with Crippen molar-refractivity contribution in [3.05, 3.63) is 64.7 Å². The third-order valence-corrected chi connectivity index (χ3v) is 3.35. The number of nitrogens with zero attached hydrogens (tertiary/aromatic N) is 2. The smallest absolute Gasteiger partial charge is 0.101 e. The number of hydrogen-bond donors (Lipinski definition) is 0. The van der Waals surface area contributed by atoms with Gasteiger partial charge in [0.25, 0.3) is 0 Å². The van der Waals surface area contributed by atoms with Crippen molar-refractivity contribution in [2.45, 2.75) is 20.4 Å². The Morgan fingerprint density at radius 2 is 1.84 bits per heavy atom. The van der Waals surface area contributed by atoms with Crippen LogP contribution in [0.25, 0.3) is 0 Å². The Bertz CT molecular complexity index is 623. The van der Waals surface area contributed by atoms with Crippen LogP contribution in [0.15, 0.2) is 42.5 Å². The minimum atomic E-state index is 0.732. The molecule has 2 rings (SSSR count). The van der Waals surface area contributed by atoms with Gasteiger partial charge in [-0.05, 0) is 42.7 Å². The molecule has 0 aliphatic heterocycles. The van der Waals surface area contributed by atoms with Crippen molar-refractivity contribution in [2.24, 2.45) is 0 Å². The molecule has 0 unspecified atom stereocenters. The van der Waals surface area contributed by atoms with E-state index in [4.69, 9.17) is 0 Å². The second kappa shape index (κ2) is 5.58. The quantitative estimate of drug-likeness (QED) is 0.828. The van der Waals surface area contributed by atoms with E-state index < -0.39 is 0 Å². The van der Waals surface area contributed by atoms with Crippen molar-refractivity contribution in [2.75, 3.05) is 11.9 Å². The lowest BCUT2D eigenvalue weighted by atomic mass is 10.1. The van der Waals surface area contributed by atoms with Crippen LogP contribution in [0.1, 0.15) is 22.3 Å². The second-order valence-electron chi connectivity index (χ2n) is 4.91. The van der Waals surface area contributed by atoms with Gasteiger partial charge in [0.05, 0.1) is 11.3 Å². The van der Waals surface area contributed by atoms with Crippen molar-refractivity contribution in [3.8, 4) is 6.07 Å². The fourth-order valence-electron chi connectivity index (χ4n) is 2.20. The molecule has 0 saturated heterocycles. The lowest BCUT2D eigenvalue weighted by molar-refractivity contribution is 0.912. The van der Waals surface area contributed by atoms with Crippen LogP contribution in [-0.2, 0) is 6.54 Å². The molecule has 0 saturated carbocycles. The summed E-state index contributed by atoms with van der Waals surface area (Å²) >= 11 is 0. The minimum absolute atomic E-state index is 0.732. The van der Waals surface area contributed by atoms with Crippen LogP contribution >= 0.6 is 0 Å². The average molecular weight is 250 g/mol. The Labute approximate surface area is 114 Å². The molecule has 0 radical (unpaired) electrons. The zero-order chi connectivity index (χ0) is 13.8. The van der Waals surface area contributed by atoms with Crippen molar-refractivity contribution in [1.29, 1.82) is 5.26 Å². The summed E-state index contributed by atoms with van der Waals surface area (Å²) in [6, 6.07) is 16.6. The van der Waals surface area contributed by atoms with Gasteiger partial charge >= 0.3 is 0 Å². The molecule has 0 amide bonds. The van der Waals surface area contributed by atoms with Crippen LogP contribution in [0.2, 0.25) is 0 Å². The van der Waals surface area contributed by atoms with E-state index in [0.29, 0.717) is 0 Å². The standard InChI is InChI=1S/C17H18N2/c1-13-8-9-17(16(10-13)11-18)19(3)12-15-7-5-4-6-14(15)2/h4-10H,12H2,1-3H3. The Balaban J connectivity index is 2.28. The van der Waals surface area contributed by atoms with Gasteiger partial charge in [0.15, 0.2) is 0 Å². The van der Waals surface area contributed by atoms with E-state index in [1.165, 1.54) is 11.1 Å². The van der Waals surface area contributed by atoms with Crippen LogP contribution in [0.4, 0.5) is 5.69 Å². The molecule has 0 N–H and O–H groups in total. The molecule has 2 aromatic rings. The fourth-order valence-corrected chi connectivity index (χ4v) is 2.20. The van der Waals surface area contributed by atoms with Crippen molar-refractivity contribution >= 4 is 5.69 Å². The zero-order valence-corrected chi connectivity index (χ0v) is 11.6. The summed E-state index contributed by atoms with van der Waals surface area (Å²) in [5.74, 6) is 0. The van der Waals surface area contributed by atoms with Crippen LogP contribution in [0.3, 0.4) is 0 Å². The van der Waals surface area contributed by atoms with Gasteiger partial charge in [-0.2, -0.15) is 5.26 Å². The highest BCUT2D eigenvalue weighted by Gasteiger charge is 2.09. The molecule has 0 aromatic heterocycles. The van der Waals surface area contributed by atoms with E-state index in [1.54, 1.807) is 0 Å². The monoisotopic (exact) mass is 250 g/mol. The van der Waals surface area contributed by atoms with Crippen LogP contribution in [0, 0.1) is 25.2 Å². The van der Waals surface area contributed by atoms with Crippen molar-refractivity contribution < 1.29 is 0 Å². The van der Waals surface area contributed by atoms with E-state index >= 15 is 0 Å². The lowest BCUT2D eigenvalue weighted by Crippen LogP contribution is -2.18. The molecule has 0 atom stereocenters. The molecule has 0 aliphatic carbocycles. The summed E-state index contributed by atoms with van der Waals surface area (Å²) in [6.07, 6.45) is 0. The molecule has 96 valence electrons. The van der Waals surface area contributed by atoms with Gasteiger partial charge in [0, 0.05) is 13.6 Å². The highest BCUT2D eigenvalue weighted by atomic mass is 15.1. The summed E-state index contributed by atoms with van der Waals surface area (Å²) in [5, 5.41) is 9.24. The number of benzene rings is 2. The molecule has 2 heteroatoms. The molecular formula is C17H18N2. The van der Waals surface area contributed by atoms with Crippen LogP contribution in [0.5, 0.6) is 0 Å². The summed E-state index contributed by atoms with van der Waals surface area (Å²) in [7, 11) is 2.03. The number of anilines is 1. The maximum atomic E-state index is 9.24. The Hall–Kier alpha value is -2.27. The van der Waals surface area contributed by atoms with Crippen molar-refractivity contribution in [1.82, 2.24) is 0 Å². The van der Waals surface area contributed by atoms with Gasteiger partial charge in [-0.3, -0.25) is 0 Å². The molecular weight excluding hydrogens is 232 g/mol. The Morgan fingerprint density at radius 1 is 1.11 bits per heavy atom. The lowest BCUT2D eigenvalue weighted by Gasteiger charge is -2.22. The summed E-state index contributed by atoms with van der Waals surface area (Å²) in [5.41, 5.74) is 5.39. The molecule has 0 spiro atoms. The number of hydrogen-bond acceptors (Lipinski definition) is 2. The predicted molar refractivity (Wildman–Crippen MR) is 79.2 cm³/mol. The Kier molecular flexibility index (Phi) is 3.87. The maximum Gasteiger partial charge on any atom is 0.101 e. The molecule has 19 heavy (non-hydrogen) atoms. The second-order valence-corrected chi connectivity index (χ2v) is 4.91. The molecule has 0 fully saturated rings. The molecule has 2 nitrogen and oxygen atoms in total. The van der Waals surface area contributed by atoms with Crippen LogP contribution in [-0.4, -0.2) is 7.05 Å². The van der Waals surface area contributed by atoms with E-state index in [2.05, 4.69) is 36.1 Å². The van der Waals surface area contributed by atoms with Gasteiger partial charge in [0.2, 0.25) is 0 Å². The maximum absolute atomic E-state index is 9.24.